The Morgan fingerprint density at radius 2 is 1.90 bits per heavy atom. The van der Waals surface area contributed by atoms with E-state index in [4.69, 9.17) is 0 Å². The minimum Gasteiger partial charge on any atom is -0.350 e. The molecule has 1 N–H and O–H groups in total. The Kier molecular flexibility index (Phi) is 6.80. The summed E-state index contributed by atoms with van der Waals surface area (Å²) in [5.74, 6) is 0.834. The number of aromatic nitrogens is 1. The van der Waals surface area contributed by atoms with Crippen LogP contribution in [0, 0.1) is 6.92 Å². The summed E-state index contributed by atoms with van der Waals surface area (Å²) in [5, 5.41) is 6.35. The molecule has 0 aliphatic carbocycles. The van der Waals surface area contributed by atoms with Gasteiger partial charge in [0.05, 0.1) is 10.7 Å². The molecular formula is C25H29N3OS2. The van der Waals surface area contributed by atoms with Crippen molar-refractivity contribution < 1.29 is 4.79 Å². The number of nitrogens with one attached hydrogen (secondary N) is 1. The SMILES string of the molecule is Cc1nc(CSc2ccc(C(=O)NCC(C)(C)N3CCc4ccccc4C3)cc2)cs1. The Bertz CT molecular complexity index is 1040. The van der Waals surface area contributed by atoms with Crippen LogP contribution in [0.1, 0.15) is 46.0 Å². The number of hydrogen-bond acceptors (Lipinski definition) is 5. The lowest BCUT2D eigenvalue weighted by atomic mass is 9.94. The van der Waals surface area contributed by atoms with E-state index in [-0.39, 0.29) is 11.4 Å². The number of thiazole rings is 1. The molecule has 1 aliphatic rings. The Morgan fingerprint density at radius 3 is 2.61 bits per heavy atom. The van der Waals surface area contributed by atoms with Crippen molar-refractivity contribution in [1.29, 1.82) is 0 Å². The Labute approximate surface area is 193 Å². The molecule has 1 aromatic heterocycles. The first-order valence-corrected chi connectivity index (χ1v) is 12.5. The molecule has 0 bridgehead atoms. The summed E-state index contributed by atoms with van der Waals surface area (Å²) in [7, 11) is 0. The van der Waals surface area contributed by atoms with Crippen LogP contribution < -0.4 is 5.32 Å². The van der Waals surface area contributed by atoms with E-state index in [9.17, 15) is 4.79 Å². The van der Waals surface area contributed by atoms with Crippen LogP contribution in [0.4, 0.5) is 0 Å². The fourth-order valence-corrected chi connectivity index (χ4v) is 5.37. The fourth-order valence-electron chi connectivity index (χ4n) is 3.86. The van der Waals surface area contributed by atoms with Crippen LogP contribution in [0.2, 0.25) is 0 Å². The number of aryl methyl sites for hydroxylation is 1. The van der Waals surface area contributed by atoms with Gasteiger partial charge in [-0.05, 0) is 62.6 Å². The number of thioether (sulfide) groups is 1. The largest absolute Gasteiger partial charge is 0.350 e. The number of hydrogen-bond donors (Lipinski definition) is 1. The van der Waals surface area contributed by atoms with Crippen molar-refractivity contribution in [2.24, 2.45) is 0 Å². The molecule has 1 amide bonds. The van der Waals surface area contributed by atoms with E-state index < -0.39 is 0 Å². The number of nitrogens with zero attached hydrogens (tertiary/aromatic N) is 2. The number of benzene rings is 2. The lowest BCUT2D eigenvalue weighted by Gasteiger charge is -2.41. The van der Waals surface area contributed by atoms with E-state index in [1.165, 1.54) is 11.1 Å². The van der Waals surface area contributed by atoms with Gasteiger partial charge >= 0.3 is 0 Å². The maximum absolute atomic E-state index is 12.7. The lowest BCUT2D eigenvalue weighted by molar-refractivity contribution is 0.0826. The topological polar surface area (TPSA) is 45.2 Å². The first kappa shape index (κ1) is 22.1. The Hall–Kier alpha value is -2.15. The second-order valence-electron chi connectivity index (χ2n) is 8.61. The molecule has 162 valence electrons. The Morgan fingerprint density at radius 1 is 1.16 bits per heavy atom. The first-order valence-electron chi connectivity index (χ1n) is 10.6. The van der Waals surface area contributed by atoms with Gasteiger partial charge in [-0.15, -0.1) is 23.1 Å². The molecule has 6 heteroatoms. The molecule has 0 atom stereocenters. The summed E-state index contributed by atoms with van der Waals surface area (Å²) in [5.41, 5.74) is 4.55. The zero-order valence-electron chi connectivity index (χ0n) is 18.4. The van der Waals surface area contributed by atoms with E-state index >= 15 is 0 Å². The molecule has 1 aliphatic heterocycles. The summed E-state index contributed by atoms with van der Waals surface area (Å²) in [6.45, 7) is 9.02. The molecule has 0 fully saturated rings. The van der Waals surface area contributed by atoms with Crippen LogP contribution in [0.3, 0.4) is 0 Å². The van der Waals surface area contributed by atoms with Gasteiger partial charge in [0.15, 0.2) is 0 Å². The number of carbonyl (C=O) groups is 1. The van der Waals surface area contributed by atoms with Crippen molar-refractivity contribution in [3.63, 3.8) is 0 Å². The molecule has 2 heterocycles. The van der Waals surface area contributed by atoms with E-state index in [1.807, 2.05) is 31.2 Å². The smallest absolute Gasteiger partial charge is 0.251 e. The third-order valence-electron chi connectivity index (χ3n) is 5.84. The van der Waals surface area contributed by atoms with Crippen LogP contribution in [0.25, 0.3) is 0 Å². The summed E-state index contributed by atoms with van der Waals surface area (Å²) in [6, 6.07) is 16.5. The van der Waals surface area contributed by atoms with Gasteiger partial charge < -0.3 is 5.32 Å². The minimum absolute atomic E-state index is 0.0165. The summed E-state index contributed by atoms with van der Waals surface area (Å²) in [6.07, 6.45) is 1.06. The monoisotopic (exact) mass is 451 g/mol. The predicted octanol–water partition coefficient (Wildman–Crippen LogP) is 5.31. The molecule has 3 aromatic rings. The van der Waals surface area contributed by atoms with Gasteiger partial charge in [-0.3, -0.25) is 9.69 Å². The lowest BCUT2D eigenvalue weighted by Crippen LogP contribution is -2.53. The quantitative estimate of drug-likeness (QED) is 0.495. The minimum atomic E-state index is -0.106. The van der Waals surface area contributed by atoms with Gasteiger partial charge in [-0.25, -0.2) is 4.98 Å². The molecule has 4 nitrogen and oxygen atoms in total. The molecule has 2 aromatic carbocycles. The number of amides is 1. The van der Waals surface area contributed by atoms with Crippen LogP contribution in [-0.2, 0) is 18.7 Å². The molecular weight excluding hydrogens is 422 g/mol. The average Bonchev–Trinajstić information content (AvgIpc) is 3.21. The second kappa shape index (κ2) is 9.55. The Balaban J connectivity index is 1.29. The molecule has 0 saturated heterocycles. The van der Waals surface area contributed by atoms with Crippen molar-refractivity contribution in [3.05, 3.63) is 81.3 Å². The van der Waals surface area contributed by atoms with Gasteiger partial charge in [0, 0.05) is 46.8 Å². The molecule has 0 saturated carbocycles. The summed E-state index contributed by atoms with van der Waals surface area (Å²) < 4.78 is 0. The van der Waals surface area contributed by atoms with Crippen molar-refractivity contribution in [2.45, 2.75) is 49.9 Å². The van der Waals surface area contributed by atoms with Crippen molar-refractivity contribution in [2.75, 3.05) is 13.1 Å². The molecule has 0 spiro atoms. The zero-order chi connectivity index (χ0) is 21.8. The highest BCUT2D eigenvalue weighted by atomic mass is 32.2. The molecule has 0 radical (unpaired) electrons. The number of fused-ring (bicyclic) bond motifs is 1. The maximum Gasteiger partial charge on any atom is 0.251 e. The third kappa shape index (κ3) is 5.56. The standard InChI is InChI=1S/C25H29N3OS2/c1-18-27-22(15-30-18)16-31-23-10-8-20(9-11-23)24(29)26-17-25(2,3)28-13-12-19-6-4-5-7-21(19)14-28/h4-11,15H,12-14,16-17H2,1-3H3,(H,26,29). The fraction of sp³-hybridized carbons (Fsp3) is 0.360. The van der Waals surface area contributed by atoms with Crippen LogP contribution in [-0.4, -0.2) is 34.4 Å². The van der Waals surface area contributed by atoms with Crippen molar-refractivity contribution in [3.8, 4) is 0 Å². The van der Waals surface area contributed by atoms with E-state index in [2.05, 4.69) is 58.7 Å². The van der Waals surface area contributed by atoms with E-state index in [0.29, 0.717) is 12.1 Å². The highest BCUT2D eigenvalue weighted by Gasteiger charge is 2.30. The maximum atomic E-state index is 12.7. The highest BCUT2D eigenvalue weighted by molar-refractivity contribution is 7.98. The van der Waals surface area contributed by atoms with E-state index in [1.54, 1.807) is 23.1 Å². The number of carbonyl (C=O) groups excluding carboxylic acids is 1. The predicted molar refractivity (Wildman–Crippen MR) is 130 cm³/mol. The van der Waals surface area contributed by atoms with Crippen LogP contribution in [0.5, 0.6) is 0 Å². The molecule has 0 unspecified atom stereocenters. The van der Waals surface area contributed by atoms with Gasteiger partial charge in [0.1, 0.15) is 0 Å². The van der Waals surface area contributed by atoms with Crippen LogP contribution in [0.15, 0.2) is 58.8 Å². The zero-order valence-corrected chi connectivity index (χ0v) is 20.0. The normalized spacial score (nSPS) is 14.3. The van der Waals surface area contributed by atoms with Gasteiger partial charge in [0.2, 0.25) is 0 Å². The van der Waals surface area contributed by atoms with Gasteiger partial charge in [-0.1, -0.05) is 24.3 Å². The third-order valence-corrected chi connectivity index (χ3v) is 7.71. The average molecular weight is 452 g/mol. The summed E-state index contributed by atoms with van der Waals surface area (Å²) in [4.78, 5) is 20.8. The summed E-state index contributed by atoms with van der Waals surface area (Å²) >= 11 is 3.42. The van der Waals surface area contributed by atoms with Gasteiger partial charge in [-0.2, -0.15) is 0 Å². The number of rotatable bonds is 7. The van der Waals surface area contributed by atoms with Crippen molar-refractivity contribution in [1.82, 2.24) is 15.2 Å². The molecule has 31 heavy (non-hydrogen) atoms. The van der Waals surface area contributed by atoms with E-state index in [0.717, 1.165) is 40.9 Å². The van der Waals surface area contributed by atoms with Crippen molar-refractivity contribution >= 4 is 29.0 Å². The first-order chi connectivity index (χ1) is 14.9. The van der Waals surface area contributed by atoms with Gasteiger partial charge in [0.25, 0.3) is 5.91 Å². The highest BCUT2D eigenvalue weighted by Crippen LogP contribution is 2.26. The molecule has 4 rings (SSSR count). The van der Waals surface area contributed by atoms with Crippen LogP contribution >= 0.6 is 23.1 Å². The second-order valence-corrected chi connectivity index (χ2v) is 10.7.